The SMILES string of the molecule is CC1=C(CNC(=O)Cc2csc3cc(C)sc23)S(=O)(=O)CCO1. The van der Waals surface area contributed by atoms with E-state index in [1.807, 2.05) is 12.3 Å². The van der Waals surface area contributed by atoms with Crippen LogP contribution in [0.3, 0.4) is 0 Å². The lowest BCUT2D eigenvalue weighted by Crippen LogP contribution is -2.33. The van der Waals surface area contributed by atoms with Crippen molar-refractivity contribution in [3.05, 3.63) is 32.6 Å². The largest absolute Gasteiger partial charge is 0.496 e. The van der Waals surface area contributed by atoms with E-state index in [1.165, 1.54) is 9.58 Å². The van der Waals surface area contributed by atoms with Gasteiger partial charge in [0, 0.05) is 14.3 Å². The maximum absolute atomic E-state index is 12.2. The summed E-state index contributed by atoms with van der Waals surface area (Å²) in [4.78, 5) is 13.6. The lowest BCUT2D eigenvalue weighted by Gasteiger charge is -2.19. The van der Waals surface area contributed by atoms with Crippen LogP contribution in [0.1, 0.15) is 17.4 Å². The summed E-state index contributed by atoms with van der Waals surface area (Å²) in [7, 11) is -3.32. The molecule has 8 heteroatoms. The number of nitrogens with one attached hydrogen (secondary N) is 1. The first kappa shape index (κ1) is 16.5. The second-order valence-electron chi connectivity index (χ2n) is 5.41. The number of carbonyl (C=O) groups excluding carboxylic acids is 1. The summed E-state index contributed by atoms with van der Waals surface area (Å²) in [5.74, 6) is 0.162. The van der Waals surface area contributed by atoms with Gasteiger partial charge in [0.1, 0.15) is 17.3 Å². The van der Waals surface area contributed by atoms with Crippen LogP contribution in [-0.4, -0.2) is 33.2 Å². The van der Waals surface area contributed by atoms with Gasteiger partial charge in [-0.1, -0.05) is 0 Å². The summed E-state index contributed by atoms with van der Waals surface area (Å²) in [6.07, 6.45) is 0.257. The van der Waals surface area contributed by atoms with Gasteiger partial charge in [0.15, 0.2) is 9.84 Å². The first-order valence-corrected chi connectivity index (χ1v) is 10.5. The summed E-state index contributed by atoms with van der Waals surface area (Å²) in [5.41, 5.74) is 0.994. The molecule has 5 nitrogen and oxygen atoms in total. The van der Waals surface area contributed by atoms with Crippen molar-refractivity contribution >= 4 is 47.8 Å². The van der Waals surface area contributed by atoms with E-state index in [4.69, 9.17) is 4.74 Å². The third kappa shape index (κ3) is 3.44. The zero-order valence-electron chi connectivity index (χ0n) is 12.8. The number of sulfone groups is 1. The molecule has 0 spiro atoms. The summed E-state index contributed by atoms with van der Waals surface area (Å²) in [6.45, 7) is 3.83. The van der Waals surface area contributed by atoms with E-state index in [1.54, 1.807) is 29.6 Å². The van der Waals surface area contributed by atoms with E-state index in [-0.39, 0.29) is 36.1 Å². The molecule has 0 aliphatic carbocycles. The molecule has 124 valence electrons. The minimum Gasteiger partial charge on any atom is -0.496 e. The Bertz CT molecular complexity index is 889. The van der Waals surface area contributed by atoms with Gasteiger partial charge in [-0.2, -0.15) is 0 Å². The number of aryl methyl sites for hydroxylation is 1. The van der Waals surface area contributed by atoms with Crippen molar-refractivity contribution < 1.29 is 17.9 Å². The molecule has 3 heterocycles. The van der Waals surface area contributed by atoms with Crippen LogP contribution in [0.5, 0.6) is 0 Å². The topological polar surface area (TPSA) is 72.5 Å². The Labute approximate surface area is 142 Å². The van der Waals surface area contributed by atoms with E-state index in [0.29, 0.717) is 5.76 Å². The van der Waals surface area contributed by atoms with Gasteiger partial charge in [0.2, 0.25) is 5.91 Å². The van der Waals surface area contributed by atoms with Gasteiger partial charge < -0.3 is 10.1 Å². The second-order valence-corrected chi connectivity index (χ2v) is 9.71. The molecule has 2 aromatic rings. The maximum atomic E-state index is 12.2. The van der Waals surface area contributed by atoms with Gasteiger partial charge in [-0.25, -0.2) is 8.42 Å². The Balaban J connectivity index is 1.68. The summed E-state index contributed by atoms with van der Waals surface area (Å²) in [6, 6.07) is 2.12. The average Bonchev–Trinajstić information content (AvgIpc) is 2.98. The smallest absolute Gasteiger partial charge is 0.224 e. The highest BCUT2D eigenvalue weighted by Gasteiger charge is 2.26. The van der Waals surface area contributed by atoms with E-state index in [0.717, 1.165) is 10.3 Å². The number of allylic oxidation sites excluding steroid dienone is 1. The Morgan fingerprint density at radius 2 is 2.17 bits per heavy atom. The van der Waals surface area contributed by atoms with Crippen molar-refractivity contribution in [1.82, 2.24) is 5.32 Å². The monoisotopic (exact) mass is 371 g/mol. The number of ether oxygens (including phenoxy) is 1. The van der Waals surface area contributed by atoms with E-state index < -0.39 is 9.84 Å². The van der Waals surface area contributed by atoms with Crippen LogP contribution in [0.4, 0.5) is 0 Å². The van der Waals surface area contributed by atoms with Crippen molar-refractivity contribution in [2.45, 2.75) is 20.3 Å². The van der Waals surface area contributed by atoms with Gasteiger partial charge in [0.05, 0.1) is 18.7 Å². The minimum atomic E-state index is -3.32. The van der Waals surface area contributed by atoms with Crippen LogP contribution in [0.25, 0.3) is 9.40 Å². The molecule has 1 aliphatic rings. The summed E-state index contributed by atoms with van der Waals surface area (Å²) >= 11 is 3.31. The maximum Gasteiger partial charge on any atom is 0.224 e. The van der Waals surface area contributed by atoms with Crippen LogP contribution in [-0.2, 0) is 25.8 Å². The average molecular weight is 372 g/mol. The number of hydrogen-bond acceptors (Lipinski definition) is 6. The van der Waals surface area contributed by atoms with Crippen LogP contribution >= 0.6 is 22.7 Å². The normalized spacial score (nSPS) is 17.3. The molecular formula is C15H17NO4S3. The van der Waals surface area contributed by atoms with Crippen LogP contribution in [0, 0.1) is 6.92 Å². The lowest BCUT2D eigenvalue weighted by molar-refractivity contribution is -0.120. The molecule has 0 aromatic carbocycles. The second kappa shape index (κ2) is 6.26. The molecule has 2 aromatic heterocycles. The van der Waals surface area contributed by atoms with Gasteiger partial charge in [-0.05, 0) is 30.9 Å². The first-order valence-electron chi connectivity index (χ1n) is 7.15. The highest BCUT2D eigenvalue weighted by molar-refractivity contribution is 7.95. The minimum absolute atomic E-state index is 0.0102. The highest BCUT2D eigenvalue weighted by atomic mass is 32.2. The third-order valence-corrected chi connectivity index (χ3v) is 7.80. The standard InChI is InChI=1S/C15H17NO4S3/c1-9-5-12-15(22-9)11(8-21-12)6-14(17)16-7-13-10(2)20-3-4-23(13,18)19/h5,8H,3-4,6-7H2,1-2H3,(H,16,17). The van der Waals surface area contributed by atoms with Gasteiger partial charge in [-0.3, -0.25) is 4.79 Å². The van der Waals surface area contributed by atoms with Crippen molar-refractivity contribution in [1.29, 1.82) is 0 Å². The summed E-state index contributed by atoms with van der Waals surface area (Å²) in [5, 5.41) is 4.69. The number of hydrogen-bond donors (Lipinski definition) is 1. The molecule has 0 bridgehead atoms. The molecule has 0 saturated heterocycles. The van der Waals surface area contributed by atoms with Crippen molar-refractivity contribution in [2.24, 2.45) is 0 Å². The van der Waals surface area contributed by atoms with E-state index in [9.17, 15) is 13.2 Å². The zero-order chi connectivity index (χ0) is 16.6. The molecule has 0 unspecified atom stereocenters. The molecule has 0 atom stereocenters. The Hall–Kier alpha value is -1.38. The first-order chi connectivity index (χ1) is 10.9. The highest BCUT2D eigenvalue weighted by Crippen LogP contribution is 2.33. The molecular weight excluding hydrogens is 354 g/mol. The molecule has 0 saturated carbocycles. The quantitative estimate of drug-likeness (QED) is 0.897. The fraction of sp³-hybridized carbons (Fsp3) is 0.400. The Kier molecular flexibility index (Phi) is 4.48. The molecule has 23 heavy (non-hydrogen) atoms. The lowest BCUT2D eigenvalue weighted by atomic mass is 10.2. The van der Waals surface area contributed by atoms with Crippen LogP contribution < -0.4 is 5.32 Å². The van der Waals surface area contributed by atoms with E-state index in [2.05, 4.69) is 11.4 Å². The Morgan fingerprint density at radius 3 is 2.91 bits per heavy atom. The predicted octanol–water partition coefficient (Wildman–Crippen LogP) is 2.61. The fourth-order valence-electron chi connectivity index (χ4n) is 2.49. The van der Waals surface area contributed by atoms with Crippen molar-refractivity contribution in [2.75, 3.05) is 18.9 Å². The molecule has 1 amide bonds. The van der Waals surface area contributed by atoms with Crippen LogP contribution in [0.2, 0.25) is 0 Å². The molecule has 1 N–H and O–H groups in total. The fourth-order valence-corrected chi connectivity index (χ4v) is 6.12. The van der Waals surface area contributed by atoms with E-state index >= 15 is 0 Å². The van der Waals surface area contributed by atoms with Crippen molar-refractivity contribution in [3.8, 4) is 0 Å². The number of thiophene rings is 2. The van der Waals surface area contributed by atoms with Crippen LogP contribution in [0.15, 0.2) is 22.1 Å². The zero-order valence-corrected chi connectivity index (χ0v) is 15.3. The molecule has 0 fully saturated rings. The third-order valence-electron chi connectivity index (χ3n) is 3.68. The number of rotatable bonds is 4. The number of amides is 1. The number of carbonyl (C=O) groups is 1. The molecule has 1 aliphatic heterocycles. The molecule has 0 radical (unpaired) electrons. The van der Waals surface area contributed by atoms with Gasteiger partial charge in [0.25, 0.3) is 0 Å². The van der Waals surface area contributed by atoms with Gasteiger partial charge in [-0.15, -0.1) is 22.7 Å². The van der Waals surface area contributed by atoms with Gasteiger partial charge >= 0.3 is 0 Å². The predicted molar refractivity (Wildman–Crippen MR) is 93.6 cm³/mol. The van der Waals surface area contributed by atoms with Crippen molar-refractivity contribution in [3.63, 3.8) is 0 Å². The number of fused-ring (bicyclic) bond motifs is 1. The molecule has 3 rings (SSSR count). The summed E-state index contributed by atoms with van der Waals surface area (Å²) < 4.78 is 31.6. The Morgan fingerprint density at radius 1 is 1.39 bits per heavy atom.